The van der Waals surface area contributed by atoms with Gasteiger partial charge in [-0.1, -0.05) is 24.3 Å². The molecule has 0 aliphatic heterocycles. The molecule has 0 bridgehead atoms. The van der Waals surface area contributed by atoms with Gasteiger partial charge in [0.1, 0.15) is 11.3 Å². The van der Waals surface area contributed by atoms with Crippen LogP contribution in [-0.4, -0.2) is 17.4 Å². The van der Waals surface area contributed by atoms with Gasteiger partial charge in [-0.3, -0.25) is 14.9 Å². The molecule has 1 N–H and O–H groups in total. The Morgan fingerprint density at radius 2 is 1.87 bits per heavy atom. The molecule has 23 heavy (non-hydrogen) atoms. The van der Waals surface area contributed by atoms with Crippen LogP contribution in [0.25, 0.3) is 0 Å². The highest BCUT2D eigenvalue weighted by molar-refractivity contribution is 5.98. The van der Waals surface area contributed by atoms with Crippen molar-refractivity contribution < 1.29 is 14.5 Å². The predicted molar refractivity (Wildman–Crippen MR) is 86.6 cm³/mol. The summed E-state index contributed by atoms with van der Waals surface area (Å²) in [6, 6.07) is 13.0. The molecule has 0 radical (unpaired) electrons. The van der Waals surface area contributed by atoms with Crippen LogP contribution < -0.4 is 10.1 Å². The van der Waals surface area contributed by atoms with Crippen LogP contribution in [0.5, 0.6) is 5.75 Å². The summed E-state index contributed by atoms with van der Waals surface area (Å²) in [5.41, 5.74) is 0.736. The number of nitrogens with one attached hydrogen (secondary N) is 1. The fourth-order valence-corrected chi connectivity index (χ4v) is 2.20. The fourth-order valence-electron chi connectivity index (χ4n) is 2.20. The summed E-state index contributed by atoms with van der Waals surface area (Å²) < 4.78 is 5.37. The van der Waals surface area contributed by atoms with Crippen molar-refractivity contribution in [2.75, 3.05) is 6.61 Å². The SMILES string of the molecule is CCOc1ccc([C@H](C)NC(=O)c2ccccc2[N+](=O)[O-])cc1. The molecule has 2 rings (SSSR count). The van der Waals surface area contributed by atoms with Crippen LogP contribution in [0.3, 0.4) is 0 Å². The molecule has 0 aliphatic carbocycles. The van der Waals surface area contributed by atoms with Gasteiger partial charge in [0.05, 0.1) is 17.6 Å². The smallest absolute Gasteiger partial charge is 0.282 e. The number of nitro groups is 1. The molecule has 0 saturated heterocycles. The molecule has 6 nitrogen and oxygen atoms in total. The number of hydrogen-bond donors (Lipinski definition) is 1. The van der Waals surface area contributed by atoms with Gasteiger partial charge < -0.3 is 10.1 Å². The van der Waals surface area contributed by atoms with E-state index < -0.39 is 10.8 Å². The highest BCUT2D eigenvalue weighted by Gasteiger charge is 2.20. The van der Waals surface area contributed by atoms with E-state index in [9.17, 15) is 14.9 Å². The lowest BCUT2D eigenvalue weighted by Crippen LogP contribution is -2.27. The third kappa shape index (κ3) is 4.06. The van der Waals surface area contributed by atoms with Crippen molar-refractivity contribution in [2.24, 2.45) is 0 Å². The summed E-state index contributed by atoms with van der Waals surface area (Å²) in [5.74, 6) is 0.284. The number of carbonyl (C=O) groups excluding carboxylic acids is 1. The predicted octanol–water partition coefficient (Wildman–Crippen LogP) is 3.48. The third-order valence-electron chi connectivity index (χ3n) is 3.38. The average Bonchev–Trinajstić information content (AvgIpc) is 2.55. The van der Waals surface area contributed by atoms with Crippen molar-refractivity contribution in [3.8, 4) is 5.75 Å². The van der Waals surface area contributed by atoms with E-state index in [0.29, 0.717) is 6.61 Å². The normalized spacial score (nSPS) is 11.6. The van der Waals surface area contributed by atoms with Gasteiger partial charge in [-0.05, 0) is 37.6 Å². The van der Waals surface area contributed by atoms with Crippen LogP contribution in [0.2, 0.25) is 0 Å². The van der Waals surface area contributed by atoms with Gasteiger partial charge in [0.25, 0.3) is 11.6 Å². The molecule has 0 saturated carbocycles. The average molecular weight is 314 g/mol. The molecule has 2 aromatic rings. The van der Waals surface area contributed by atoms with Gasteiger partial charge in [-0.2, -0.15) is 0 Å². The van der Waals surface area contributed by atoms with Gasteiger partial charge in [-0.25, -0.2) is 0 Å². The lowest BCUT2D eigenvalue weighted by molar-refractivity contribution is -0.385. The maximum atomic E-state index is 12.3. The van der Waals surface area contributed by atoms with E-state index >= 15 is 0 Å². The summed E-state index contributed by atoms with van der Waals surface area (Å²) in [5, 5.41) is 13.8. The number of nitro benzene ring substituents is 1. The largest absolute Gasteiger partial charge is 0.494 e. The van der Waals surface area contributed by atoms with Gasteiger partial charge in [0.15, 0.2) is 0 Å². The second-order valence-corrected chi connectivity index (χ2v) is 4.97. The van der Waals surface area contributed by atoms with Crippen molar-refractivity contribution in [3.05, 3.63) is 69.8 Å². The van der Waals surface area contributed by atoms with Crippen LogP contribution >= 0.6 is 0 Å². The van der Waals surface area contributed by atoms with E-state index in [2.05, 4.69) is 5.32 Å². The highest BCUT2D eigenvalue weighted by Crippen LogP contribution is 2.21. The van der Waals surface area contributed by atoms with Crippen molar-refractivity contribution in [1.29, 1.82) is 0 Å². The zero-order valence-electron chi connectivity index (χ0n) is 13.0. The summed E-state index contributed by atoms with van der Waals surface area (Å²) in [4.78, 5) is 22.7. The summed E-state index contributed by atoms with van der Waals surface area (Å²) >= 11 is 0. The van der Waals surface area contributed by atoms with Crippen molar-refractivity contribution in [3.63, 3.8) is 0 Å². The molecule has 120 valence electrons. The number of para-hydroxylation sites is 1. The molecular formula is C17H18N2O4. The molecule has 0 heterocycles. The third-order valence-corrected chi connectivity index (χ3v) is 3.38. The minimum atomic E-state index is -0.559. The topological polar surface area (TPSA) is 81.5 Å². The monoisotopic (exact) mass is 314 g/mol. The van der Waals surface area contributed by atoms with Gasteiger partial charge in [0.2, 0.25) is 0 Å². The van der Waals surface area contributed by atoms with Crippen molar-refractivity contribution in [1.82, 2.24) is 5.32 Å². The maximum Gasteiger partial charge on any atom is 0.282 e. The molecule has 0 unspecified atom stereocenters. The highest BCUT2D eigenvalue weighted by atomic mass is 16.6. The molecule has 0 fully saturated rings. The van der Waals surface area contributed by atoms with E-state index in [1.807, 2.05) is 38.1 Å². The van der Waals surface area contributed by atoms with Gasteiger partial charge in [-0.15, -0.1) is 0 Å². The fraction of sp³-hybridized carbons (Fsp3) is 0.235. The molecule has 0 spiro atoms. The summed E-state index contributed by atoms with van der Waals surface area (Å²) in [7, 11) is 0. The first-order chi connectivity index (χ1) is 11.0. The second-order valence-electron chi connectivity index (χ2n) is 4.97. The van der Waals surface area contributed by atoms with E-state index in [1.165, 1.54) is 18.2 Å². The second kappa shape index (κ2) is 7.40. The molecule has 0 aromatic heterocycles. The number of carbonyl (C=O) groups is 1. The van der Waals surface area contributed by atoms with Crippen LogP contribution in [0.15, 0.2) is 48.5 Å². The molecule has 1 atom stereocenters. The molecular weight excluding hydrogens is 296 g/mol. The Balaban J connectivity index is 2.12. The Kier molecular flexibility index (Phi) is 5.30. The number of rotatable bonds is 6. The van der Waals surface area contributed by atoms with Crippen LogP contribution in [0.1, 0.15) is 35.8 Å². The van der Waals surface area contributed by atoms with E-state index in [-0.39, 0.29) is 17.3 Å². The minimum Gasteiger partial charge on any atom is -0.494 e. The number of amides is 1. The van der Waals surface area contributed by atoms with Gasteiger partial charge in [0, 0.05) is 6.07 Å². The van der Waals surface area contributed by atoms with E-state index in [1.54, 1.807) is 6.07 Å². The quantitative estimate of drug-likeness (QED) is 0.653. The Labute approximate surface area is 134 Å². The first kappa shape index (κ1) is 16.5. The number of hydrogen-bond acceptors (Lipinski definition) is 4. The standard InChI is InChI=1S/C17H18N2O4/c1-3-23-14-10-8-13(9-11-14)12(2)18-17(20)15-6-4-5-7-16(15)19(21)22/h4-12H,3H2,1-2H3,(H,18,20)/t12-/m0/s1. The zero-order valence-corrected chi connectivity index (χ0v) is 13.0. The van der Waals surface area contributed by atoms with E-state index in [0.717, 1.165) is 11.3 Å². The molecule has 0 aliphatic rings. The number of benzene rings is 2. The number of ether oxygens (including phenoxy) is 1. The molecule has 6 heteroatoms. The zero-order chi connectivity index (χ0) is 16.8. The summed E-state index contributed by atoms with van der Waals surface area (Å²) in [6.07, 6.45) is 0. The van der Waals surface area contributed by atoms with Crippen LogP contribution in [0, 0.1) is 10.1 Å². The van der Waals surface area contributed by atoms with Gasteiger partial charge >= 0.3 is 0 Å². The van der Waals surface area contributed by atoms with Crippen molar-refractivity contribution in [2.45, 2.75) is 19.9 Å². The Morgan fingerprint density at radius 1 is 1.22 bits per heavy atom. The molecule has 1 amide bonds. The minimum absolute atomic E-state index is 0.0512. The van der Waals surface area contributed by atoms with Crippen molar-refractivity contribution >= 4 is 11.6 Å². The van der Waals surface area contributed by atoms with Crippen LogP contribution in [0.4, 0.5) is 5.69 Å². The maximum absolute atomic E-state index is 12.3. The summed E-state index contributed by atoms with van der Waals surface area (Å²) in [6.45, 7) is 4.31. The molecule has 2 aromatic carbocycles. The number of nitrogens with zero attached hydrogens (tertiary/aromatic N) is 1. The lowest BCUT2D eigenvalue weighted by atomic mass is 10.1. The first-order valence-corrected chi connectivity index (χ1v) is 7.30. The van der Waals surface area contributed by atoms with E-state index in [4.69, 9.17) is 4.74 Å². The lowest BCUT2D eigenvalue weighted by Gasteiger charge is -2.15. The Bertz CT molecular complexity index is 698. The van der Waals surface area contributed by atoms with Crippen LogP contribution in [-0.2, 0) is 0 Å². The Hall–Kier alpha value is -2.89. The first-order valence-electron chi connectivity index (χ1n) is 7.30. The Morgan fingerprint density at radius 3 is 2.48 bits per heavy atom.